The minimum absolute atomic E-state index is 0.0257. The molecule has 8 heteroatoms. The van der Waals surface area contributed by atoms with Crippen LogP contribution in [0.4, 0.5) is 5.69 Å². The molecule has 1 aliphatic carbocycles. The van der Waals surface area contributed by atoms with Crippen molar-refractivity contribution in [3.8, 4) is 0 Å². The Morgan fingerprint density at radius 2 is 2.09 bits per heavy atom. The van der Waals surface area contributed by atoms with Crippen molar-refractivity contribution >= 4 is 21.7 Å². The lowest BCUT2D eigenvalue weighted by Gasteiger charge is -2.16. The molecular weight excluding hydrogens is 320 g/mol. The first-order valence-corrected chi connectivity index (χ1v) is 9.19. The van der Waals surface area contributed by atoms with Crippen LogP contribution in [-0.2, 0) is 14.8 Å². The summed E-state index contributed by atoms with van der Waals surface area (Å²) in [5.74, 6) is -1.15. The molecule has 3 N–H and O–H groups in total. The summed E-state index contributed by atoms with van der Waals surface area (Å²) in [5.41, 5.74) is 0.350. The maximum atomic E-state index is 12.5. The SMILES string of the molecule is O=C(O)c1ccc(NC[C@@H]2CCCO2)c(S(=O)(=O)NC2CC2)c1. The van der Waals surface area contributed by atoms with E-state index in [-0.39, 0.29) is 22.6 Å². The van der Waals surface area contributed by atoms with E-state index in [2.05, 4.69) is 10.0 Å². The zero-order valence-corrected chi connectivity index (χ0v) is 13.4. The molecule has 1 saturated heterocycles. The fourth-order valence-corrected chi connectivity index (χ4v) is 4.05. The van der Waals surface area contributed by atoms with Crippen molar-refractivity contribution in [3.63, 3.8) is 0 Å². The van der Waals surface area contributed by atoms with Crippen molar-refractivity contribution in [1.29, 1.82) is 0 Å². The smallest absolute Gasteiger partial charge is 0.335 e. The predicted molar refractivity (Wildman–Crippen MR) is 84.2 cm³/mol. The topological polar surface area (TPSA) is 105 Å². The average Bonchev–Trinajstić information content (AvgIpc) is 3.15. The maximum absolute atomic E-state index is 12.5. The highest BCUT2D eigenvalue weighted by Crippen LogP contribution is 2.27. The first kappa shape index (κ1) is 16.2. The lowest BCUT2D eigenvalue weighted by molar-refractivity contribution is 0.0696. The van der Waals surface area contributed by atoms with Crippen LogP contribution in [0, 0.1) is 0 Å². The molecule has 1 aliphatic heterocycles. The van der Waals surface area contributed by atoms with Gasteiger partial charge < -0.3 is 15.2 Å². The quantitative estimate of drug-likeness (QED) is 0.693. The van der Waals surface area contributed by atoms with Gasteiger partial charge in [-0.25, -0.2) is 17.9 Å². The van der Waals surface area contributed by atoms with Gasteiger partial charge in [-0.15, -0.1) is 0 Å². The van der Waals surface area contributed by atoms with Crippen molar-refractivity contribution < 1.29 is 23.1 Å². The number of hydrogen-bond acceptors (Lipinski definition) is 5. The van der Waals surface area contributed by atoms with Crippen LogP contribution in [0.3, 0.4) is 0 Å². The van der Waals surface area contributed by atoms with Crippen molar-refractivity contribution in [1.82, 2.24) is 4.72 Å². The summed E-state index contributed by atoms with van der Waals surface area (Å²) in [6, 6.07) is 4.06. The monoisotopic (exact) mass is 340 g/mol. The molecule has 1 atom stereocenters. The Bertz CT molecular complexity index is 694. The molecule has 1 heterocycles. The van der Waals surface area contributed by atoms with E-state index in [1.54, 1.807) is 0 Å². The van der Waals surface area contributed by atoms with Gasteiger partial charge in [-0.1, -0.05) is 0 Å². The van der Waals surface area contributed by atoms with E-state index in [1.807, 2.05) is 0 Å². The van der Waals surface area contributed by atoms with E-state index in [4.69, 9.17) is 9.84 Å². The van der Waals surface area contributed by atoms with E-state index < -0.39 is 16.0 Å². The highest BCUT2D eigenvalue weighted by molar-refractivity contribution is 7.89. The van der Waals surface area contributed by atoms with Crippen molar-refractivity contribution in [2.45, 2.75) is 42.7 Å². The van der Waals surface area contributed by atoms with Crippen LogP contribution in [0.5, 0.6) is 0 Å². The Morgan fingerprint density at radius 3 is 2.70 bits per heavy atom. The van der Waals surface area contributed by atoms with E-state index in [0.717, 1.165) is 32.3 Å². The van der Waals surface area contributed by atoms with Gasteiger partial charge in [0.05, 0.1) is 17.4 Å². The molecule has 0 bridgehead atoms. The summed E-state index contributed by atoms with van der Waals surface area (Å²) in [6.07, 6.45) is 3.62. The second-order valence-corrected chi connectivity index (χ2v) is 7.61. The highest BCUT2D eigenvalue weighted by atomic mass is 32.2. The third-order valence-electron chi connectivity index (χ3n) is 3.96. The molecule has 1 aromatic rings. The minimum atomic E-state index is -3.75. The molecule has 1 saturated carbocycles. The molecule has 0 unspecified atom stereocenters. The molecule has 1 aromatic carbocycles. The number of ether oxygens (including phenoxy) is 1. The third-order valence-corrected chi connectivity index (χ3v) is 5.52. The van der Waals surface area contributed by atoms with Gasteiger partial charge >= 0.3 is 5.97 Å². The number of rotatable bonds is 7. The summed E-state index contributed by atoms with van der Waals surface area (Å²) in [4.78, 5) is 11.1. The van der Waals surface area contributed by atoms with Crippen LogP contribution < -0.4 is 10.0 Å². The second-order valence-electron chi connectivity index (χ2n) is 5.93. The number of carbonyl (C=O) groups is 1. The molecule has 0 amide bonds. The van der Waals surface area contributed by atoms with Gasteiger partial charge in [-0.2, -0.15) is 0 Å². The molecule has 0 radical (unpaired) electrons. The number of hydrogen-bond donors (Lipinski definition) is 3. The number of nitrogens with one attached hydrogen (secondary N) is 2. The number of aromatic carboxylic acids is 1. The number of sulfonamides is 1. The van der Waals surface area contributed by atoms with Crippen LogP contribution in [-0.4, -0.2) is 44.8 Å². The van der Waals surface area contributed by atoms with Crippen LogP contribution in [0.1, 0.15) is 36.0 Å². The number of benzene rings is 1. The average molecular weight is 340 g/mol. The Labute approximate surface area is 135 Å². The fraction of sp³-hybridized carbons (Fsp3) is 0.533. The van der Waals surface area contributed by atoms with Gasteiger partial charge in [0, 0.05) is 19.2 Å². The van der Waals surface area contributed by atoms with Crippen LogP contribution in [0.25, 0.3) is 0 Å². The first-order chi connectivity index (χ1) is 11.0. The highest BCUT2D eigenvalue weighted by Gasteiger charge is 2.30. The molecule has 3 rings (SSSR count). The molecule has 0 spiro atoms. The zero-order chi connectivity index (χ0) is 16.4. The normalized spacial score (nSPS) is 21.3. The van der Waals surface area contributed by atoms with Crippen LogP contribution in [0.15, 0.2) is 23.1 Å². The Hall–Kier alpha value is -1.64. The summed E-state index contributed by atoms with van der Waals surface area (Å²) in [6.45, 7) is 1.22. The third kappa shape index (κ3) is 4.01. The number of carboxylic acid groups (broad SMARTS) is 1. The molecule has 0 aromatic heterocycles. The molecule has 2 aliphatic rings. The lowest BCUT2D eigenvalue weighted by atomic mass is 10.2. The molecule has 23 heavy (non-hydrogen) atoms. The minimum Gasteiger partial charge on any atom is -0.478 e. The van der Waals surface area contributed by atoms with Crippen molar-refractivity contribution in [2.24, 2.45) is 0 Å². The Balaban J connectivity index is 1.85. The van der Waals surface area contributed by atoms with Gasteiger partial charge in [0.25, 0.3) is 0 Å². The van der Waals surface area contributed by atoms with Crippen molar-refractivity contribution in [3.05, 3.63) is 23.8 Å². The molecule has 126 valence electrons. The van der Waals surface area contributed by atoms with Crippen molar-refractivity contribution in [2.75, 3.05) is 18.5 Å². The van der Waals surface area contributed by atoms with Crippen LogP contribution >= 0.6 is 0 Å². The van der Waals surface area contributed by atoms with Crippen LogP contribution in [0.2, 0.25) is 0 Å². The number of carboxylic acids is 1. The molecular formula is C15H20N2O5S. The van der Waals surface area contributed by atoms with Gasteiger partial charge in [-0.3, -0.25) is 0 Å². The standard InChI is InChI=1S/C15H20N2O5S/c18-15(19)10-3-6-13(16-9-12-2-1-7-22-12)14(8-10)23(20,21)17-11-4-5-11/h3,6,8,11-12,16-17H,1-2,4-5,7,9H2,(H,18,19)/t12-/m0/s1. The summed E-state index contributed by atoms with van der Waals surface area (Å²) in [7, 11) is -3.75. The fourth-order valence-electron chi connectivity index (χ4n) is 2.54. The van der Waals surface area contributed by atoms with E-state index in [0.29, 0.717) is 12.2 Å². The number of anilines is 1. The van der Waals surface area contributed by atoms with E-state index >= 15 is 0 Å². The largest absolute Gasteiger partial charge is 0.478 e. The Morgan fingerprint density at radius 1 is 1.30 bits per heavy atom. The van der Waals surface area contributed by atoms with Gasteiger partial charge in [0.1, 0.15) is 4.90 Å². The molecule has 7 nitrogen and oxygen atoms in total. The van der Waals surface area contributed by atoms with Gasteiger partial charge in [0.2, 0.25) is 10.0 Å². The lowest BCUT2D eigenvalue weighted by Crippen LogP contribution is -2.27. The van der Waals surface area contributed by atoms with Gasteiger partial charge in [0.15, 0.2) is 0 Å². The summed E-state index contributed by atoms with van der Waals surface area (Å²) >= 11 is 0. The summed E-state index contributed by atoms with van der Waals surface area (Å²) < 4.78 is 33.1. The predicted octanol–water partition coefficient (Wildman–Crippen LogP) is 1.42. The first-order valence-electron chi connectivity index (χ1n) is 7.71. The Kier molecular flexibility index (Phi) is 4.56. The zero-order valence-electron chi connectivity index (χ0n) is 12.6. The van der Waals surface area contributed by atoms with Gasteiger partial charge in [-0.05, 0) is 43.9 Å². The molecule has 2 fully saturated rings. The van der Waals surface area contributed by atoms with E-state index in [9.17, 15) is 13.2 Å². The maximum Gasteiger partial charge on any atom is 0.335 e. The van der Waals surface area contributed by atoms with E-state index in [1.165, 1.54) is 18.2 Å². The second kappa shape index (κ2) is 6.46. The summed E-state index contributed by atoms with van der Waals surface area (Å²) in [5, 5.41) is 12.2.